The summed E-state index contributed by atoms with van der Waals surface area (Å²) in [5.41, 5.74) is 3.45. The van der Waals surface area contributed by atoms with Crippen LogP contribution in [0.1, 0.15) is 18.1 Å². The summed E-state index contributed by atoms with van der Waals surface area (Å²) in [6, 6.07) is 15.4. The van der Waals surface area contributed by atoms with Crippen molar-refractivity contribution in [2.45, 2.75) is 13.3 Å². The van der Waals surface area contributed by atoms with Gasteiger partial charge in [-0.1, -0.05) is 41.4 Å². The van der Waals surface area contributed by atoms with E-state index in [1.165, 1.54) is 19.1 Å². The first-order valence-corrected chi connectivity index (χ1v) is 10.0. The van der Waals surface area contributed by atoms with Crippen LogP contribution in [0.5, 0.6) is 11.5 Å². The molecule has 0 aliphatic carbocycles. The first-order chi connectivity index (χ1) is 14.7. The fourth-order valence-electron chi connectivity index (χ4n) is 3.07. The highest BCUT2D eigenvalue weighted by Crippen LogP contribution is 2.35. The molecule has 3 rings (SSSR count). The van der Waals surface area contributed by atoms with Crippen LogP contribution in [0.25, 0.3) is 11.1 Å². The molecule has 0 aromatic heterocycles. The van der Waals surface area contributed by atoms with Crippen LogP contribution < -0.4 is 10.1 Å². The molecule has 3 aromatic carbocycles. The second kappa shape index (κ2) is 9.73. The molecule has 0 atom stereocenters. The van der Waals surface area contributed by atoms with Gasteiger partial charge in [0.2, 0.25) is 5.91 Å². The van der Waals surface area contributed by atoms with Gasteiger partial charge >= 0.3 is 5.97 Å². The summed E-state index contributed by atoms with van der Waals surface area (Å²) < 4.78 is 5.13. The molecule has 1 amide bonds. The number of halogens is 2. The maximum Gasteiger partial charge on any atom is 0.341 e. The van der Waals surface area contributed by atoms with Gasteiger partial charge in [0, 0.05) is 34.6 Å². The highest BCUT2D eigenvalue weighted by molar-refractivity contribution is 6.36. The van der Waals surface area contributed by atoms with E-state index in [0.29, 0.717) is 33.3 Å². The molecule has 8 heteroatoms. The van der Waals surface area contributed by atoms with Gasteiger partial charge in [-0.25, -0.2) is 4.79 Å². The van der Waals surface area contributed by atoms with Crippen LogP contribution in [0.3, 0.4) is 0 Å². The Kier molecular flexibility index (Phi) is 7.05. The van der Waals surface area contributed by atoms with Crippen LogP contribution in [0.2, 0.25) is 10.0 Å². The van der Waals surface area contributed by atoms with Crippen LogP contribution in [-0.2, 0) is 16.0 Å². The zero-order valence-corrected chi connectivity index (χ0v) is 18.0. The maximum atomic E-state index is 11.3. The number of carbonyl (C=O) groups excluding carboxylic acids is 1. The number of hydrogen-bond donors (Lipinski definition) is 3. The van der Waals surface area contributed by atoms with Crippen LogP contribution >= 0.6 is 23.2 Å². The van der Waals surface area contributed by atoms with Gasteiger partial charge in [0.15, 0.2) is 6.61 Å². The number of rotatable bonds is 7. The molecule has 0 aliphatic heterocycles. The first-order valence-electron chi connectivity index (χ1n) is 9.25. The van der Waals surface area contributed by atoms with E-state index < -0.39 is 12.6 Å². The Labute approximate surface area is 189 Å². The van der Waals surface area contributed by atoms with Crippen molar-refractivity contribution in [1.29, 1.82) is 0 Å². The fourth-order valence-corrected chi connectivity index (χ4v) is 3.67. The Morgan fingerprint density at radius 3 is 2.39 bits per heavy atom. The van der Waals surface area contributed by atoms with Crippen molar-refractivity contribution in [3.63, 3.8) is 0 Å². The monoisotopic (exact) mass is 459 g/mol. The summed E-state index contributed by atoms with van der Waals surface area (Å²) in [5.74, 6) is -0.925. The number of anilines is 1. The summed E-state index contributed by atoms with van der Waals surface area (Å²) in [5, 5.41) is 22.5. The second-order valence-corrected chi connectivity index (χ2v) is 7.65. The first kappa shape index (κ1) is 22.5. The summed E-state index contributed by atoms with van der Waals surface area (Å²) in [6.45, 7) is 0.932. The van der Waals surface area contributed by atoms with E-state index in [0.717, 1.165) is 11.1 Å². The Morgan fingerprint density at radius 1 is 1.03 bits per heavy atom. The minimum atomic E-state index is -1.10. The molecule has 0 bridgehead atoms. The molecule has 0 saturated heterocycles. The van der Waals surface area contributed by atoms with Crippen molar-refractivity contribution >= 4 is 40.8 Å². The molecule has 0 radical (unpaired) electrons. The normalized spacial score (nSPS) is 10.5. The molecular formula is C23H19Cl2NO5. The average Bonchev–Trinajstić information content (AvgIpc) is 2.70. The summed E-state index contributed by atoms with van der Waals surface area (Å²) in [6.07, 6.45) is 0.384. The summed E-state index contributed by atoms with van der Waals surface area (Å²) in [7, 11) is 0. The van der Waals surface area contributed by atoms with Gasteiger partial charge in [-0.05, 0) is 53.1 Å². The number of phenols is 1. The van der Waals surface area contributed by atoms with Crippen LogP contribution in [0, 0.1) is 0 Å². The molecule has 0 saturated carbocycles. The number of aliphatic carboxylic acids is 1. The van der Waals surface area contributed by atoms with Crippen LogP contribution in [-0.4, -0.2) is 28.7 Å². The number of carboxylic acid groups (broad SMARTS) is 1. The fraction of sp³-hybridized carbons (Fsp3) is 0.130. The van der Waals surface area contributed by atoms with Gasteiger partial charge in [-0.3, -0.25) is 4.79 Å². The molecule has 0 heterocycles. The van der Waals surface area contributed by atoms with E-state index >= 15 is 0 Å². The van der Waals surface area contributed by atoms with Gasteiger partial charge in [-0.2, -0.15) is 0 Å². The van der Waals surface area contributed by atoms with Crippen molar-refractivity contribution in [2.24, 2.45) is 0 Å². The van der Waals surface area contributed by atoms with E-state index in [-0.39, 0.29) is 17.4 Å². The molecule has 0 unspecified atom stereocenters. The zero-order valence-electron chi connectivity index (χ0n) is 16.5. The number of nitrogens with one attached hydrogen (secondary N) is 1. The predicted molar refractivity (Wildman–Crippen MR) is 120 cm³/mol. The van der Waals surface area contributed by atoms with Crippen LogP contribution in [0.15, 0.2) is 54.6 Å². The lowest BCUT2D eigenvalue weighted by molar-refractivity contribution is -0.139. The van der Waals surface area contributed by atoms with E-state index in [2.05, 4.69) is 5.32 Å². The summed E-state index contributed by atoms with van der Waals surface area (Å²) >= 11 is 12.7. The molecular weight excluding hydrogens is 441 g/mol. The number of ether oxygens (including phenoxy) is 1. The van der Waals surface area contributed by atoms with Gasteiger partial charge < -0.3 is 20.3 Å². The third kappa shape index (κ3) is 5.90. The van der Waals surface area contributed by atoms with Crippen LogP contribution in [0.4, 0.5) is 5.69 Å². The molecule has 0 aliphatic rings. The SMILES string of the molecule is CC(=O)Nc1cccc(-c2cc(Cc3c(Cl)cc(OCC(=O)O)cc3Cl)ccc2O)c1. The number of hydrogen-bond acceptors (Lipinski definition) is 4. The van der Waals surface area contributed by atoms with Gasteiger partial charge in [0.1, 0.15) is 11.5 Å². The standard InChI is InChI=1S/C23H19Cl2NO5/c1-13(27)26-16-4-2-3-15(9-16)18-7-14(5-6-22(18)28)8-19-20(24)10-17(11-21(19)25)31-12-23(29)30/h2-7,9-11,28H,8,12H2,1H3,(H,26,27)(H,29,30). The lowest BCUT2D eigenvalue weighted by Crippen LogP contribution is -2.09. The second-order valence-electron chi connectivity index (χ2n) is 6.84. The number of aromatic hydroxyl groups is 1. The molecule has 160 valence electrons. The lowest BCUT2D eigenvalue weighted by atomic mass is 9.98. The Morgan fingerprint density at radius 2 is 1.74 bits per heavy atom. The van der Waals surface area contributed by atoms with E-state index in [1.807, 2.05) is 12.1 Å². The number of phenolic OH excluding ortho intramolecular Hbond substituents is 1. The van der Waals surface area contributed by atoms with Gasteiger partial charge in [0.25, 0.3) is 0 Å². The Hall–Kier alpha value is -3.22. The number of carbonyl (C=O) groups is 2. The Bertz CT molecular complexity index is 1120. The predicted octanol–water partition coefficient (Wildman–Crippen LogP) is 5.38. The number of carboxylic acids is 1. The van der Waals surface area contributed by atoms with Gasteiger partial charge in [0.05, 0.1) is 0 Å². The number of amides is 1. The van der Waals surface area contributed by atoms with Crippen molar-refractivity contribution in [3.8, 4) is 22.6 Å². The van der Waals surface area contributed by atoms with E-state index in [9.17, 15) is 14.7 Å². The largest absolute Gasteiger partial charge is 0.507 e. The minimum absolute atomic E-state index is 0.0957. The molecule has 3 aromatic rings. The highest BCUT2D eigenvalue weighted by atomic mass is 35.5. The van der Waals surface area contributed by atoms with Crippen molar-refractivity contribution in [3.05, 3.63) is 75.8 Å². The highest BCUT2D eigenvalue weighted by Gasteiger charge is 2.13. The number of benzene rings is 3. The van der Waals surface area contributed by atoms with Crippen molar-refractivity contribution < 1.29 is 24.5 Å². The molecule has 0 fully saturated rings. The van der Waals surface area contributed by atoms with E-state index in [4.69, 9.17) is 33.0 Å². The molecule has 6 nitrogen and oxygen atoms in total. The van der Waals surface area contributed by atoms with E-state index in [1.54, 1.807) is 30.3 Å². The molecule has 0 spiro atoms. The molecule has 31 heavy (non-hydrogen) atoms. The van der Waals surface area contributed by atoms with Gasteiger partial charge in [-0.15, -0.1) is 0 Å². The molecule has 3 N–H and O–H groups in total. The summed E-state index contributed by atoms with van der Waals surface area (Å²) in [4.78, 5) is 22.0. The van der Waals surface area contributed by atoms with Crippen molar-refractivity contribution in [2.75, 3.05) is 11.9 Å². The van der Waals surface area contributed by atoms with Crippen molar-refractivity contribution in [1.82, 2.24) is 0 Å². The lowest BCUT2D eigenvalue weighted by Gasteiger charge is -2.13. The zero-order chi connectivity index (χ0) is 22.5. The third-order valence-electron chi connectivity index (χ3n) is 4.41. The Balaban J connectivity index is 1.89. The third-order valence-corrected chi connectivity index (χ3v) is 5.09. The smallest absolute Gasteiger partial charge is 0.341 e. The maximum absolute atomic E-state index is 11.3. The minimum Gasteiger partial charge on any atom is -0.507 e. The average molecular weight is 460 g/mol. The topological polar surface area (TPSA) is 95.9 Å². The quantitative estimate of drug-likeness (QED) is 0.440.